The summed E-state index contributed by atoms with van der Waals surface area (Å²) in [6.07, 6.45) is 5.42. The van der Waals surface area contributed by atoms with Crippen molar-refractivity contribution in [2.75, 3.05) is 20.3 Å². The van der Waals surface area contributed by atoms with E-state index in [9.17, 15) is 5.11 Å². The third-order valence-corrected chi connectivity index (χ3v) is 4.33. The van der Waals surface area contributed by atoms with E-state index in [-0.39, 0.29) is 6.10 Å². The maximum atomic E-state index is 10.1. The zero-order chi connectivity index (χ0) is 11.5. The third kappa shape index (κ3) is 2.76. The molecular formula is C13H25NO2. The molecule has 0 amide bonds. The highest BCUT2D eigenvalue weighted by Gasteiger charge is 2.33. The predicted molar refractivity (Wildman–Crippen MR) is 64.4 cm³/mol. The van der Waals surface area contributed by atoms with Crippen LogP contribution >= 0.6 is 0 Å². The van der Waals surface area contributed by atoms with E-state index in [2.05, 4.69) is 18.9 Å². The van der Waals surface area contributed by atoms with Gasteiger partial charge in [-0.2, -0.15) is 0 Å². The van der Waals surface area contributed by atoms with E-state index in [1.165, 1.54) is 6.42 Å². The number of aliphatic hydroxyl groups excluding tert-OH is 1. The smallest absolute Gasteiger partial charge is 0.0695 e. The van der Waals surface area contributed by atoms with Crippen molar-refractivity contribution in [2.45, 2.75) is 57.2 Å². The topological polar surface area (TPSA) is 32.7 Å². The number of likely N-dealkylation sites (N-methyl/N-ethyl adjacent to an activating group) is 1. The third-order valence-electron chi connectivity index (χ3n) is 4.33. The molecule has 0 bridgehead atoms. The summed E-state index contributed by atoms with van der Waals surface area (Å²) in [4.78, 5) is 2.42. The summed E-state index contributed by atoms with van der Waals surface area (Å²) in [5, 5.41) is 10.1. The van der Waals surface area contributed by atoms with E-state index in [0.29, 0.717) is 12.1 Å². The van der Waals surface area contributed by atoms with Gasteiger partial charge in [0.05, 0.1) is 6.10 Å². The van der Waals surface area contributed by atoms with Crippen LogP contribution in [0.15, 0.2) is 0 Å². The number of hydrogen-bond acceptors (Lipinski definition) is 3. The maximum absolute atomic E-state index is 10.1. The Morgan fingerprint density at radius 2 is 1.81 bits per heavy atom. The Morgan fingerprint density at radius 3 is 2.50 bits per heavy atom. The van der Waals surface area contributed by atoms with Gasteiger partial charge in [0.2, 0.25) is 0 Å². The molecule has 1 saturated heterocycles. The van der Waals surface area contributed by atoms with Gasteiger partial charge in [-0.1, -0.05) is 6.92 Å². The Kier molecular flexibility index (Phi) is 4.22. The van der Waals surface area contributed by atoms with Gasteiger partial charge in [0, 0.05) is 25.3 Å². The van der Waals surface area contributed by atoms with Crippen LogP contribution in [-0.4, -0.2) is 48.5 Å². The van der Waals surface area contributed by atoms with Gasteiger partial charge >= 0.3 is 0 Å². The molecule has 94 valence electrons. The van der Waals surface area contributed by atoms with Crippen molar-refractivity contribution in [2.24, 2.45) is 5.92 Å². The number of ether oxygens (including phenoxy) is 1. The normalized spacial score (nSPS) is 37.9. The Labute approximate surface area is 98.8 Å². The van der Waals surface area contributed by atoms with Crippen LogP contribution in [0.1, 0.15) is 39.0 Å². The molecule has 0 aromatic carbocycles. The average Bonchev–Trinajstić information content (AvgIpc) is 2.32. The van der Waals surface area contributed by atoms with Gasteiger partial charge in [0.25, 0.3) is 0 Å². The van der Waals surface area contributed by atoms with Crippen LogP contribution in [0.25, 0.3) is 0 Å². The molecule has 3 atom stereocenters. The summed E-state index contributed by atoms with van der Waals surface area (Å²) in [5.74, 6) is 0.760. The van der Waals surface area contributed by atoms with Crippen molar-refractivity contribution in [3.8, 4) is 0 Å². The van der Waals surface area contributed by atoms with E-state index in [4.69, 9.17) is 4.74 Å². The molecule has 2 fully saturated rings. The molecule has 0 radical (unpaired) electrons. The summed E-state index contributed by atoms with van der Waals surface area (Å²) in [5.41, 5.74) is 0. The summed E-state index contributed by atoms with van der Waals surface area (Å²) in [6.45, 7) is 4.07. The molecule has 1 saturated carbocycles. The highest BCUT2D eigenvalue weighted by Crippen LogP contribution is 2.29. The van der Waals surface area contributed by atoms with Crippen LogP contribution in [-0.2, 0) is 4.74 Å². The molecule has 1 heterocycles. The summed E-state index contributed by atoms with van der Waals surface area (Å²) >= 11 is 0. The van der Waals surface area contributed by atoms with Crippen LogP contribution in [0.4, 0.5) is 0 Å². The molecule has 16 heavy (non-hydrogen) atoms. The molecule has 1 N–H and O–H groups in total. The van der Waals surface area contributed by atoms with Crippen LogP contribution in [0.2, 0.25) is 0 Å². The molecular weight excluding hydrogens is 202 g/mol. The second-order valence-corrected chi connectivity index (χ2v) is 5.56. The molecule has 3 heteroatoms. The second kappa shape index (κ2) is 5.48. The fraction of sp³-hybridized carbons (Fsp3) is 1.00. The lowest BCUT2D eigenvalue weighted by Crippen LogP contribution is -2.50. The predicted octanol–water partition coefficient (Wildman–Crippen LogP) is 1.65. The molecule has 3 nitrogen and oxygen atoms in total. The Bertz CT molecular complexity index is 216. The van der Waals surface area contributed by atoms with Gasteiger partial charge in [0.1, 0.15) is 0 Å². The van der Waals surface area contributed by atoms with Gasteiger partial charge in [-0.25, -0.2) is 0 Å². The minimum Gasteiger partial charge on any atom is -0.391 e. The molecule has 1 aliphatic carbocycles. The van der Waals surface area contributed by atoms with Crippen molar-refractivity contribution in [3.63, 3.8) is 0 Å². The van der Waals surface area contributed by atoms with Crippen molar-refractivity contribution in [3.05, 3.63) is 0 Å². The molecule has 1 aliphatic heterocycles. The zero-order valence-electron chi connectivity index (χ0n) is 10.6. The molecule has 0 aromatic heterocycles. The Morgan fingerprint density at radius 1 is 1.12 bits per heavy atom. The number of hydrogen-bond donors (Lipinski definition) is 1. The summed E-state index contributed by atoms with van der Waals surface area (Å²) < 4.78 is 5.40. The van der Waals surface area contributed by atoms with E-state index < -0.39 is 0 Å². The Hall–Kier alpha value is -0.120. The lowest BCUT2D eigenvalue weighted by Gasteiger charge is -2.42. The van der Waals surface area contributed by atoms with Crippen molar-refractivity contribution < 1.29 is 9.84 Å². The lowest BCUT2D eigenvalue weighted by atomic mass is 9.83. The first-order valence-corrected chi connectivity index (χ1v) is 6.66. The quantitative estimate of drug-likeness (QED) is 0.778. The SMILES string of the molecule is CC1CCC(O)C(N(C)C2CCOCC2)C1. The average molecular weight is 227 g/mol. The van der Waals surface area contributed by atoms with Crippen molar-refractivity contribution >= 4 is 0 Å². The molecule has 2 rings (SSSR count). The minimum atomic E-state index is -0.121. The van der Waals surface area contributed by atoms with E-state index in [1.807, 2.05) is 0 Å². The summed E-state index contributed by atoms with van der Waals surface area (Å²) in [7, 11) is 2.18. The van der Waals surface area contributed by atoms with E-state index >= 15 is 0 Å². The van der Waals surface area contributed by atoms with E-state index in [1.54, 1.807) is 0 Å². The highest BCUT2D eigenvalue weighted by molar-refractivity contribution is 4.87. The molecule has 3 unspecified atom stereocenters. The molecule has 2 aliphatic rings. The second-order valence-electron chi connectivity index (χ2n) is 5.56. The van der Waals surface area contributed by atoms with Crippen molar-refractivity contribution in [1.82, 2.24) is 4.90 Å². The first-order chi connectivity index (χ1) is 7.68. The minimum absolute atomic E-state index is 0.121. The first kappa shape index (κ1) is 12.3. The van der Waals surface area contributed by atoms with Crippen LogP contribution < -0.4 is 0 Å². The fourth-order valence-corrected chi connectivity index (χ4v) is 3.14. The van der Waals surface area contributed by atoms with Gasteiger partial charge in [0.15, 0.2) is 0 Å². The maximum Gasteiger partial charge on any atom is 0.0695 e. The highest BCUT2D eigenvalue weighted by atomic mass is 16.5. The van der Waals surface area contributed by atoms with Gasteiger partial charge < -0.3 is 9.84 Å². The fourth-order valence-electron chi connectivity index (χ4n) is 3.14. The van der Waals surface area contributed by atoms with Gasteiger partial charge in [-0.15, -0.1) is 0 Å². The van der Waals surface area contributed by atoms with Crippen LogP contribution in [0.3, 0.4) is 0 Å². The van der Waals surface area contributed by atoms with E-state index in [0.717, 1.165) is 44.8 Å². The zero-order valence-corrected chi connectivity index (χ0v) is 10.6. The Balaban J connectivity index is 1.93. The standard InChI is InChI=1S/C13H25NO2/c1-10-3-4-13(15)12(9-10)14(2)11-5-7-16-8-6-11/h10-13,15H,3-9H2,1-2H3. The summed E-state index contributed by atoms with van der Waals surface area (Å²) in [6, 6.07) is 0.977. The van der Waals surface area contributed by atoms with Gasteiger partial charge in [-0.05, 0) is 45.1 Å². The first-order valence-electron chi connectivity index (χ1n) is 6.66. The molecule has 0 spiro atoms. The monoisotopic (exact) mass is 227 g/mol. The number of rotatable bonds is 2. The van der Waals surface area contributed by atoms with Crippen molar-refractivity contribution in [1.29, 1.82) is 0 Å². The van der Waals surface area contributed by atoms with Crippen LogP contribution in [0.5, 0.6) is 0 Å². The molecule has 0 aromatic rings. The number of nitrogens with zero attached hydrogens (tertiary/aromatic N) is 1. The van der Waals surface area contributed by atoms with Gasteiger partial charge in [-0.3, -0.25) is 4.90 Å². The lowest BCUT2D eigenvalue weighted by molar-refractivity contribution is -0.0303. The number of aliphatic hydroxyl groups is 1. The van der Waals surface area contributed by atoms with Crippen LogP contribution in [0, 0.1) is 5.92 Å². The largest absolute Gasteiger partial charge is 0.391 e.